The summed E-state index contributed by atoms with van der Waals surface area (Å²) in [5.41, 5.74) is 1.58. The summed E-state index contributed by atoms with van der Waals surface area (Å²) in [5, 5.41) is 0. The molecule has 1 fully saturated rings. The Morgan fingerprint density at radius 2 is 1.77 bits per heavy atom. The predicted molar refractivity (Wildman–Crippen MR) is 81.8 cm³/mol. The molecule has 114 valence electrons. The van der Waals surface area contributed by atoms with Gasteiger partial charge in [0.15, 0.2) is 0 Å². The first-order valence-corrected chi connectivity index (χ1v) is 7.39. The van der Waals surface area contributed by atoms with Crippen LogP contribution in [0.5, 0.6) is 0 Å². The van der Waals surface area contributed by atoms with E-state index < -0.39 is 0 Å². The van der Waals surface area contributed by atoms with Crippen LogP contribution in [-0.4, -0.2) is 46.9 Å². The third-order valence-electron chi connectivity index (χ3n) is 3.86. The van der Waals surface area contributed by atoms with Crippen LogP contribution in [0.25, 0.3) is 0 Å². The molecule has 0 aliphatic carbocycles. The van der Waals surface area contributed by atoms with Crippen LogP contribution in [0.3, 0.4) is 0 Å². The maximum absolute atomic E-state index is 12.9. The summed E-state index contributed by atoms with van der Waals surface area (Å²) < 4.78 is 12.9. The molecule has 3 rings (SSSR count). The molecule has 0 radical (unpaired) electrons. The van der Waals surface area contributed by atoms with Gasteiger partial charge in [-0.05, 0) is 36.4 Å². The van der Waals surface area contributed by atoms with E-state index in [-0.39, 0.29) is 11.7 Å². The molecule has 1 saturated heterocycles. The molecule has 2 aromatic rings. The van der Waals surface area contributed by atoms with Gasteiger partial charge in [0, 0.05) is 44.5 Å². The second kappa shape index (κ2) is 6.66. The van der Waals surface area contributed by atoms with Crippen molar-refractivity contribution in [2.75, 3.05) is 26.2 Å². The molecule has 1 aromatic heterocycles. The fraction of sp³-hybridized carbons (Fsp3) is 0.294. The van der Waals surface area contributed by atoms with E-state index in [1.807, 2.05) is 23.1 Å². The van der Waals surface area contributed by atoms with Gasteiger partial charge in [-0.2, -0.15) is 0 Å². The molecule has 0 unspecified atom stereocenters. The maximum Gasteiger partial charge on any atom is 0.253 e. The normalized spacial score (nSPS) is 15.8. The van der Waals surface area contributed by atoms with Gasteiger partial charge in [0.25, 0.3) is 5.91 Å². The highest BCUT2D eigenvalue weighted by Gasteiger charge is 2.22. The number of piperazine rings is 1. The van der Waals surface area contributed by atoms with Gasteiger partial charge in [-0.3, -0.25) is 14.7 Å². The quantitative estimate of drug-likeness (QED) is 0.871. The van der Waals surface area contributed by atoms with Crippen LogP contribution >= 0.6 is 0 Å². The number of rotatable bonds is 3. The molecule has 0 spiro atoms. The zero-order chi connectivity index (χ0) is 15.4. The first-order valence-electron chi connectivity index (χ1n) is 7.39. The minimum Gasteiger partial charge on any atom is -0.336 e. The van der Waals surface area contributed by atoms with Crippen molar-refractivity contribution in [1.82, 2.24) is 14.8 Å². The smallest absolute Gasteiger partial charge is 0.253 e. The average Bonchev–Trinajstić information content (AvgIpc) is 2.57. The van der Waals surface area contributed by atoms with Gasteiger partial charge in [-0.15, -0.1) is 0 Å². The van der Waals surface area contributed by atoms with Crippen LogP contribution in [0.1, 0.15) is 16.1 Å². The zero-order valence-corrected chi connectivity index (χ0v) is 12.3. The number of carbonyl (C=O) groups is 1. The summed E-state index contributed by atoms with van der Waals surface area (Å²) in [6.07, 6.45) is 1.80. The van der Waals surface area contributed by atoms with E-state index in [1.54, 1.807) is 6.20 Å². The van der Waals surface area contributed by atoms with Crippen molar-refractivity contribution in [2.45, 2.75) is 6.54 Å². The molecular formula is C17H18FN3O. The number of pyridine rings is 1. The molecule has 0 bridgehead atoms. The first kappa shape index (κ1) is 14.7. The topological polar surface area (TPSA) is 36.4 Å². The first-order chi connectivity index (χ1) is 10.7. The van der Waals surface area contributed by atoms with Crippen molar-refractivity contribution in [3.63, 3.8) is 0 Å². The molecule has 4 nitrogen and oxygen atoms in total. The van der Waals surface area contributed by atoms with Crippen molar-refractivity contribution >= 4 is 5.91 Å². The van der Waals surface area contributed by atoms with Crippen molar-refractivity contribution in [1.29, 1.82) is 0 Å². The number of hydrogen-bond donors (Lipinski definition) is 0. The zero-order valence-electron chi connectivity index (χ0n) is 12.3. The lowest BCUT2D eigenvalue weighted by Crippen LogP contribution is -2.48. The fourth-order valence-corrected chi connectivity index (χ4v) is 2.60. The molecule has 2 heterocycles. The minimum atomic E-state index is -0.322. The fourth-order valence-electron chi connectivity index (χ4n) is 2.60. The summed E-state index contributed by atoms with van der Waals surface area (Å²) in [5.74, 6) is -0.353. The van der Waals surface area contributed by atoms with Crippen molar-refractivity contribution in [2.24, 2.45) is 0 Å². The van der Waals surface area contributed by atoms with E-state index in [1.165, 1.54) is 24.3 Å². The van der Waals surface area contributed by atoms with Gasteiger partial charge in [0.05, 0.1) is 5.69 Å². The Labute approximate surface area is 129 Å². The number of aromatic nitrogens is 1. The Kier molecular flexibility index (Phi) is 4.44. The van der Waals surface area contributed by atoms with E-state index >= 15 is 0 Å². The SMILES string of the molecule is O=C(c1ccc(F)cc1)N1CCN(Cc2ccccn2)CC1. The Balaban J connectivity index is 1.55. The maximum atomic E-state index is 12.9. The van der Waals surface area contributed by atoms with Crippen LogP contribution in [0.15, 0.2) is 48.7 Å². The second-order valence-corrected chi connectivity index (χ2v) is 5.40. The molecule has 22 heavy (non-hydrogen) atoms. The summed E-state index contributed by atoms with van der Waals surface area (Å²) >= 11 is 0. The number of carbonyl (C=O) groups excluding carboxylic acids is 1. The molecular weight excluding hydrogens is 281 g/mol. The summed E-state index contributed by atoms with van der Waals surface area (Å²) in [6, 6.07) is 11.6. The molecule has 0 N–H and O–H groups in total. The van der Waals surface area contributed by atoms with Crippen LogP contribution in [0.2, 0.25) is 0 Å². The standard InChI is InChI=1S/C17H18FN3O/c18-15-6-4-14(5-7-15)17(22)21-11-9-20(10-12-21)13-16-3-1-2-8-19-16/h1-8H,9-13H2. The lowest BCUT2D eigenvalue weighted by Gasteiger charge is -2.34. The molecule has 1 amide bonds. The van der Waals surface area contributed by atoms with Crippen LogP contribution in [0, 0.1) is 5.82 Å². The van der Waals surface area contributed by atoms with E-state index in [0.29, 0.717) is 18.7 Å². The van der Waals surface area contributed by atoms with E-state index in [0.717, 1.165) is 25.3 Å². The third kappa shape index (κ3) is 3.49. The van der Waals surface area contributed by atoms with Crippen molar-refractivity contribution in [3.8, 4) is 0 Å². The van der Waals surface area contributed by atoms with Gasteiger partial charge in [-0.25, -0.2) is 4.39 Å². The van der Waals surface area contributed by atoms with Crippen LogP contribution in [-0.2, 0) is 6.54 Å². The summed E-state index contributed by atoms with van der Waals surface area (Å²) in [7, 11) is 0. The van der Waals surface area contributed by atoms with Crippen LogP contribution in [0.4, 0.5) is 4.39 Å². The molecule has 0 saturated carbocycles. The number of halogens is 1. The van der Waals surface area contributed by atoms with Gasteiger partial charge in [-0.1, -0.05) is 6.07 Å². The number of amides is 1. The van der Waals surface area contributed by atoms with Gasteiger partial charge < -0.3 is 4.90 Å². The van der Waals surface area contributed by atoms with Crippen LogP contribution < -0.4 is 0 Å². The lowest BCUT2D eigenvalue weighted by atomic mass is 10.1. The van der Waals surface area contributed by atoms with Gasteiger partial charge >= 0.3 is 0 Å². The highest BCUT2D eigenvalue weighted by molar-refractivity contribution is 5.94. The third-order valence-corrected chi connectivity index (χ3v) is 3.86. The largest absolute Gasteiger partial charge is 0.336 e. The molecule has 1 aromatic carbocycles. The minimum absolute atomic E-state index is 0.0301. The van der Waals surface area contributed by atoms with Gasteiger partial charge in [0.2, 0.25) is 0 Å². The summed E-state index contributed by atoms with van der Waals surface area (Å²) in [4.78, 5) is 20.8. The molecule has 1 aliphatic rings. The average molecular weight is 299 g/mol. The second-order valence-electron chi connectivity index (χ2n) is 5.40. The summed E-state index contributed by atoms with van der Waals surface area (Å²) in [6.45, 7) is 3.82. The Morgan fingerprint density at radius 3 is 2.41 bits per heavy atom. The van der Waals surface area contributed by atoms with E-state index in [4.69, 9.17) is 0 Å². The highest BCUT2D eigenvalue weighted by Crippen LogP contribution is 2.11. The Morgan fingerprint density at radius 1 is 1.05 bits per heavy atom. The molecule has 0 atom stereocenters. The van der Waals surface area contributed by atoms with E-state index in [9.17, 15) is 9.18 Å². The molecule has 5 heteroatoms. The number of benzene rings is 1. The van der Waals surface area contributed by atoms with Gasteiger partial charge in [0.1, 0.15) is 5.82 Å². The monoisotopic (exact) mass is 299 g/mol. The lowest BCUT2D eigenvalue weighted by molar-refractivity contribution is 0.0627. The highest BCUT2D eigenvalue weighted by atomic mass is 19.1. The van der Waals surface area contributed by atoms with Crippen molar-refractivity contribution in [3.05, 3.63) is 65.7 Å². The Hall–Kier alpha value is -2.27. The Bertz CT molecular complexity index is 622. The predicted octanol–water partition coefficient (Wildman–Crippen LogP) is 2.18. The van der Waals surface area contributed by atoms with Crippen molar-refractivity contribution < 1.29 is 9.18 Å². The number of hydrogen-bond acceptors (Lipinski definition) is 3. The molecule has 1 aliphatic heterocycles. The van der Waals surface area contributed by atoms with E-state index in [2.05, 4.69) is 9.88 Å². The number of nitrogens with zero attached hydrogens (tertiary/aromatic N) is 3.